The third-order valence-electron chi connectivity index (χ3n) is 3.63. The third-order valence-corrected chi connectivity index (χ3v) is 3.63. The summed E-state index contributed by atoms with van der Waals surface area (Å²) < 4.78 is 5.65. The first-order chi connectivity index (χ1) is 10.6. The van der Waals surface area contributed by atoms with Crippen molar-refractivity contribution in [1.29, 1.82) is 0 Å². The summed E-state index contributed by atoms with van der Waals surface area (Å²) in [6.45, 7) is 8.35. The molecule has 1 unspecified atom stereocenters. The van der Waals surface area contributed by atoms with E-state index in [9.17, 15) is 9.90 Å². The lowest BCUT2D eigenvalue weighted by atomic mass is 9.89. The molecule has 1 N–H and O–H groups in total. The highest BCUT2D eigenvalue weighted by atomic mass is 16.5. The lowest BCUT2D eigenvalue weighted by molar-refractivity contribution is -0.138. The van der Waals surface area contributed by atoms with Crippen molar-refractivity contribution < 1.29 is 14.6 Å². The number of rotatable bonds is 6. The second-order valence-electron chi connectivity index (χ2n) is 5.05. The van der Waals surface area contributed by atoms with Crippen LogP contribution in [0.3, 0.4) is 0 Å². The monoisotopic (exact) mass is 296 g/mol. The molecule has 0 spiro atoms. The maximum absolute atomic E-state index is 11.3. The van der Waals surface area contributed by atoms with Gasteiger partial charge in [-0.1, -0.05) is 49.0 Å². The van der Waals surface area contributed by atoms with Crippen LogP contribution < -0.4 is 4.74 Å². The molecular formula is C19H20O3. The predicted octanol–water partition coefficient (Wildman–Crippen LogP) is 4.33. The van der Waals surface area contributed by atoms with Crippen molar-refractivity contribution in [3.8, 4) is 5.75 Å². The minimum atomic E-state index is -0.849. The molecule has 0 radical (unpaired) electrons. The van der Waals surface area contributed by atoms with Crippen LogP contribution in [0, 0.1) is 0 Å². The maximum Gasteiger partial charge on any atom is 0.310 e. The van der Waals surface area contributed by atoms with Crippen LogP contribution in [0.25, 0.3) is 5.57 Å². The van der Waals surface area contributed by atoms with Crippen molar-refractivity contribution in [3.05, 3.63) is 71.8 Å². The normalized spacial score (nSPS) is 11.7. The van der Waals surface area contributed by atoms with Crippen LogP contribution in [0.4, 0.5) is 0 Å². The maximum atomic E-state index is 11.3. The van der Waals surface area contributed by atoms with E-state index in [0.717, 1.165) is 28.0 Å². The quantitative estimate of drug-likeness (QED) is 0.862. The van der Waals surface area contributed by atoms with Crippen LogP contribution in [0.1, 0.15) is 36.5 Å². The van der Waals surface area contributed by atoms with Crippen LogP contribution >= 0.6 is 0 Å². The van der Waals surface area contributed by atoms with E-state index >= 15 is 0 Å². The Bertz CT molecular complexity index is 689. The number of hydrogen-bond acceptors (Lipinski definition) is 2. The van der Waals surface area contributed by atoms with E-state index in [-0.39, 0.29) is 0 Å². The fraction of sp³-hybridized carbons (Fsp3) is 0.211. The van der Waals surface area contributed by atoms with Gasteiger partial charge in [0.05, 0.1) is 12.5 Å². The van der Waals surface area contributed by atoms with Gasteiger partial charge in [0.2, 0.25) is 0 Å². The summed E-state index contributed by atoms with van der Waals surface area (Å²) in [4.78, 5) is 11.3. The first kappa shape index (κ1) is 15.8. The average molecular weight is 296 g/mol. The van der Waals surface area contributed by atoms with Gasteiger partial charge in [0.15, 0.2) is 0 Å². The zero-order valence-corrected chi connectivity index (χ0v) is 12.9. The van der Waals surface area contributed by atoms with E-state index in [1.807, 2.05) is 55.5 Å². The zero-order valence-electron chi connectivity index (χ0n) is 12.9. The van der Waals surface area contributed by atoms with E-state index in [1.165, 1.54) is 0 Å². The molecule has 0 fully saturated rings. The number of aliphatic carboxylic acids is 1. The summed E-state index contributed by atoms with van der Waals surface area (Å²) in [5.41, 5.74) is 3.25. The molecule has 0 saturated carbocycles. The molecule has 0 aliphatic carbocycles. The standard InChI is InChI=1S/C19H20O3/c1-4-22-18-12-8-7-11-17(18)13(2)15-9-5-6-10-16(15)14(3)19(20)21/h5-12,14H,2,4H2,1,3H3,(H,20,21). The lowest BCUT2D eigenvalue weighted by Gasteiger charge is -2.17. The molecule has 2 aromatic rings. The second-order valence-corrected chi connectivity index (χ2v) is 5.05. The van der Waals surface area contributed by atoms with Crippen molar-refractivity contribution in [2.75, 3.05) is 6.61 Å². The van der Waals surface area contributed by atoms with Gasteiger partial charge in [-0.2, -0.15) is 0 Å². The first-order valence-electron chi connectivity index (χ1n) is 7.29. The van der Waals surface area contributed by atoms with E-state index in [1.54, 1.807) is 6.92 Å². The van der Waals surface area contributed by atoms with Gasteiger partial charge in [0, 0.05) is 5.56 Å². The first-order valence-corrected chi connectivity index (χ1v) is 7.29. The highest BCUT2D eigenvalue weighted by Crippen LogP contribution is 2.33. The zero-order chi connectivity index (χ0) is 16.1. The third kappa shape index (κ3) is 3.19. The van der Waals surface area contributed by atoms with Crippen LogP contribution in [-0.2, 0) is 4.79 Å². The van der Waals surface area contributed by atoms with Crippen molar-refractivity contribution >= 4 is 11.5 Å². The Labute approximate surface area is 130 Å². The Morgan fingerprint density at radius 1 is 1.14 bits per heavy atom. The van der Waals surface area contributed by atoms with Crippen molar-refractivity contribution in [1.82, 2.24) is 0 Å². The molecule has 1 atom stereocenters. The Morgan fingerprint density at radius 2 is 1.73 bits per heavy atom. The van der Waals surface area contributed by atoms with Crippen LogP contribution in [-0.4, -0.2) is 17.7 Å². The summed E-state index contributed by atoms with van der Waals surface area (Å²) in [6, 6.07) is 15.1. The molecule has 0 saturated heterocycles. The van der Waals surface area contributed by atoms with Crippen LogP contribution in [0.2, 0.25) is 0 Å². The van der Waals surface area contributed by atoms with Crippen LogP contribution in [0.15, 0.2) is 55.1 Å². The van der Waals surface area contributed by atoms with E-state index < -0.39 is 11.9 Å². The molecule has 114 valence electrons. The molecule has 0 heterocycles. The van der Waals surface area contributed by atoms with Gasteiger partial charge in [-0.05, 0) is 36.6 Å². The van der Waals surface area contributed by atoms with Crippen molar-refractivity contribution in [2.24, 2.45) is 0 Å². The molecule has 0 aliphatic heterocycles. The fourth-order valence-electron chi connectivity index (χ4n) is 2.42. The fourth-order valence-corrected chi connectivity index (χ4v) is 2.42. The molecular weight excluding hydrogens is 276 g/mol. The molecule has 3 nitrogen and oxygen atoms in total. The molecule has 3 heteroatoms. The van der Waals surface area contributed by atoms with Gasteiger partial charge >= 0.3 is 5.97 Å². The van der Waals surface area contributed by atoms with Gasteiger partial charge in [-0.25, -0.2) is 0 Å². The molecule has 0 aliphatic rings. The Hall–Kier alpha value is -2.55. The van der Waals surface area contributed by atoms with Crippen LogP contribution in [0.5, 0.6) is 5.75 Å². The number of hydrogen-bond donors (Lipinski definition) is 1. The van der Waals surface area contributed by atoms with E-state index in [0.29, 0.717) is 6.61 Å². The smallest absolute Gasteiger partial charge is 0.310 e. The van der Waals surface area contributed by atoms with Gasteiger partial charge in [0.1, 0.15) is 5.75 Å². The number of carboxylic acids is 1. The number of para-hydroxylation sites is 1. The number of benzene rings is 2. The SMILES string of the molecule is C=C(c1ccccc1OCC)c1ccccc1C(C)C(=O)O. The Kier molecular flexibility index (Phi) is 4.99. The molecule has 2 rings (SSSR count). The largest absolute Gasteiger partial charge is 0.493 e. The summed E-state index contributed by atoms with van der Waals surface area (Å²) in [6.07, 6.45) is 0. The number of carbonyl (C=O) groups is 1. The van der Waals surface area contributed by atoms with Crippen molar-refractivity contribution in [2.45, 2.75) is 19.8 Å². The molecule has 0 amide bonds. The lowest BCUT2D eigenvalue weighted by Crippen LogP contribution is -2.10. The molecule has 2 aromatic carbocycles. The summed E-state index contributed by atoms with van der Waals surface area (Å²) in [5.74, 6) is -0.682. The van der Waals surface area contributed by atoms with E-state index in [2.05, 4.69) is 6.58 Å². The van der Waals surface area contributed by atoms with Gasteiger partial charge in [0.25, 0.3) is 0 Å². The Balaban J connectivity index is 2.49. The highest BCUT2D eigenvalue weighted by Gasteiger charge is 2.19. The van der Waals surface area contributed by atoms with Gasteiger partial charge in [-0.3, -0.25) is 4.79 Å². The second kappa shape index (κ2) is 6.94. The van der Waals surface area contributed by atoms with Crippen molar-refractivity contribution in [3.63, 3.8) is 0 Å². The summed E-state index contributed by atoms with van der Waals surface area (Å²) in [7, 11) is 0. The average Bonchev–Trinajstić information content (AvgIpc) is 2.54. The molecule has 22 heavy (non-hydrogen) atoms. The molecule has 0 bridgehead atoms. The number of carboxylic acid groups (broad SMARTS) is 1. The minimum absolute atomic E-state index is 0.567. The minimum Gasteiger partial charge on any atom is -0.493 e. The van der Waals surface area contributed by atoms with Gasteiger partial charge in [-0.15, -0.1) is 0 Å². The summed E-state index contributed by atoms with van der Waals surface area (Å²) in [5, 5.41) is 9.30. The summed E-state index contributed by atoms with van der Waals surface area (Å²) >= 11 is 0. The topological polar surface area (TPSA) is 46.5 Å². The highest BCUT2D eigenvalue weighted by molar-refractivity contribution is 5.86. The van der Waals surface area contributed by atoms with E-state index in [4.69, 9.17) is 4.74 Å². The van der Waals surface area contributed by atoms with Gasteiger partial charge < -0.3 is 9.84 Å². The predicted molar refractivity (Wildman–Crippen MR) is 88.2 cm³/mol. The molecule has 0 aromatic heterocycles. The number of ether oxygens (including phenoxy) is 1. The Morgan fingerprint density at radius 3 is 2.36 bits per heavy atom.